The third-order valence-electron chi connectivity index (χ3n) is 5.53. The van der Waals surface area contributed by atoms with Crippen LogP contribution in [0.15, 0.2) is 36.7 Å². The molecule has 1 aliphatic rings. The van der Waals surface area contributed by atoms with Crippen LogP contribution in [0.3, 0.4) is 0 Å². The van der Waals surface area contributed by atoms with Crippen molar-refractivity contribution in [2.45, 2.75) is 38.8 Å². The molecular formula is C21H27N7. The Kier molecular flexibility index (Phi) is 5.00. The van der Waals surface area contributed by atoms with Gasteiger partial charge in [-0.3, -0.25) is 5.41 Å². The normalized spacial score (nSPS) is 16.0. The molecule has 4 rings (SSSR count). The van der Waals surface area contributed by atoms with Crippen LogP contribution in [0.2, 0.25) is 0 Å². The molecule has 0 unspecified atom stereocenters. The number of nitrogens with two attached hydrogens (primary N) is 1. The zero-order valence-corrected chi connectivity index (χ0v) is 16.4. The van der Waals surface area contributed by atoms with Crippen LogP contribution in [-0.4, -0.2) is 50.7 Å². The fourth-order valence-corrected chi connectivity index (χ4v) is 3.85. The summed E-state index contributed by atoms with van der Waals surface area (Å²) >= 11 is 0. The van der Waals surface area contributed by atoms with Gasteiger partial charge in [-0.05, 0) is 38.8 Å². The second-order valence-electron chi connectivity index (χ2n) is 7.68. The van der Waals surface area contributed by atoms with E-state index in [4.69, 9.17) is 11.1 Å². The van der Waals surface area contributed by atoms with E-state index in [2.05, 4.69) is 39.0 Å². The first-order valence-electron chi connectivity index (χ1n) is 9.81. The highest BCUT2D eigenvalue weighted by molar-refractivity contribution is 6.16. The first-order chi connectivity index (χ1) is 13.5. The molecule has 0 radical (unpaired) electrons. The summed E-state index contributed by atoms with van der Waals surface area (Å²) in [5, 5.41) is 13.3. The van der Waals surface area contributed by atoms with E-state index in [1.807, 2.05) is 30.3 Å². The van der Waals surface area contributed by atoms with E-state index in [1.165, 1.54) is 6.33 Å². The van der Waals surface area contributed by atoms with Crippen molar-refractivity contribution in [3.05, 3.63) is 47.9 Å². The molecule has 28 heavy (non-hydrogen) atoms. The second kappa shape index (κ2) is 7.59. The average Bonchev–Trinajstić information content (AvgIpc) is 3.12. The Balaban J connectivity index is 1.58. The Morgan fingerprint density at radius 1 is 1.25 bits per heavy atom. The number of aromatic nitrogens is 3. The molecule has 0 amide bonds. The minimum atomic E-state index is 0.302. The fraction of sp³-hybridized carbons (Fsp3) is 0.381. The van der Waals surface area contributed by atoms with Crippen molar-refractivity contribution in [3.63, 3.8) is 0 Å². The number of benzene rings is 1. The minimum absolute atomic E-state index is 0.302. The number of anilines is 2. The molecule has 0 saturated carbocycles. The van der Waals surface area contributed by atoms with Gasteiger partial charge in [-0.25, -0.2) is 9.97 Å². The standard InChI is InChI=1S/C21H27N7/c1-13(2)28-9-7-15(8-10-28)26-21-18(20(23)24-12-25-21)19(22)17-11-14-5-3-4-6-16(14)27-17/h3-6,11-13,15,22,27H,7-10H2,1-2H3,(H3,23,24,25,26). The molecule has 3 heterocycles. The molecule has 0 bridgehead atoms. The van der Waals surface area contributed by atoms with Crippen LogP contribution in [-0.2, 0) is 0 Å². The average molecular weight is 377 g/mol. The van der Waals surface area contributed by atoms with Gasteiger partial charge in [0, 0.05) is 36.1 Å². The highest BCUT2D eigenvalue weighted by Crippen LogP contribution is 2.26. The Morgan fingerprint density at radius 3 is 2.71 bits per heavy atom. The van der Waals surface area contributed by atoms with Gasteiger partial charge in [0.15, 0.2) is 0 Å². The maximum atomic E-state index is 8.75. The van der Waals surface area contributed by atoms with Crippen LogP contribution in [0.5, 0.6) is 0 Å². The summed E-state index contributed by atoms with van der Waals surface area (Å²) in [5.41, 5.74) is 8.73. The SMILES string of the molecule is CC(C)N1CCC(Nc2ncnc(N)c2C(=N)c2cc3ccccc3[nH]2)CC1. The van der Waals surface area contributed by atoms with Gasteiger partial charge in [0.25, 0.3) is 0 Å². The number of hydrogen-bond donors (Lipinski definition) is 4. The summed E-state index contributed by atoms with van der Waals surface area (Å²) in [7, 11) is 0. The number of piperidine rings is 1. The smallest absolute Gasteiger partial charge is 0.141 e. The van der Waals surface area contributed by atoms with Gasteiger partial charge in [-0.1, -0.05) is 18.2 Å². The third-order valence-corrected chi connectivity index (χ3v) is 5.53. The van der Waals surface area contributed by atoms with Crippen LogP contribution >= 0.6 is 0 Å². The van der Waals surface area contributed by atoms with Crippen molar-refractivity contribution in [2.75, 3.05) is 24.1 Å². The molecule has 3 aromatic rings. The monoisotopic (exact) mass is 377 g/mol. The fourth-order valence-electron chi connectivity index (χ4n) is 3.85. The van der Waals surface area contributed by atoms with E-state index in [9.17, 15) is 0 Å². The molecule has 0 atom stereocenters. The molecule has 1 fully saturated rings. The van der Waals surface area contributed by atoms with E-state index < -0.39 is 0 Å². The van der Waals surface area contributed by atoms with E-state index in [0.29, 0.717) is 40.7 Å². The molecule has 2 aromatic heterocycles. The third kappa shape index (κ3) is 3.57. The number of H-pyrrole nitrogens is 1. The molecule has 1 saturated heterocycles. The first kappa shape index (κ1) is 18.4. The van der Waals surface area contributed by atoms with Crippen molar-refractivity contribution in [1.82, 2.24) is 19.9 Å². The second-order valence-corrected chi connectivity index (χ2v) is 7.68. The van der Waals surface area contributed by atoms with Crippen LogP contribution < -0.4 is 11.1 Å². The Hall–Kier alpha value is -2.93. The predicted octanol–water partition coefficient (Wildman–Crippen LogP) is 3.24. The zero-order valence-electron chi connectivity index (χ0n) is 16.4. The van der Waals surface area contributed by atoms with Gasteiger partial charge in [-0.2, -0.15) is 0 Å². The van der Waals surface area contributed by atoms with Crippen LogP contribution in [0.4, 0.5) is 11.6 Å². The van der Waals surface area contributed by atoms with E-state index in [-0.39, 0.29) is 0 Å². The lowest BCUT2D eigenvalue weighted by Crippen LogP contribution is -2.42. The van der Waals surface area contributed by atoms with E-state index >= 15 is 0 Å². The van der Waals surface area contributed by atoms with Crippen molar-refractivity contribution in [1.29, 1.82) is 5.41 Å². The quantitative estimate of drug-likeness (QED) is 0.511. The van der Waals surface area contributed by atoms with Gasteiger partial charge in [0.2, 0.25) is 0 Å². The number of fused-ring (bicyclic) bond motifs is 1. The number of para-hydroxylation sites is 1. The number of nitrogens with one attached hydrogen (secondary N) is 3. The minimum Gasteiger partial charge on any atom is -0.383 e. The van der Waals surface area contributed by atoms with Crippen molar-refractivity contribution in [3.8, 4) is 0 Å². The summed E-state index contributed by atoms with van der Waals surface area (Å²) in [6, 6.07) is 10.8. The number of rotatable bonds is 5. The molecule has 5 N–H and O–H groups in total. The Labute approximate surface area is 164 Å². The number of aromatic amines is 1. The maximum absolute atomic E-state index is 8.75. The van der Waals surface area contributed by atoms with Gasteiger partial charge in [-0.15, -0.1) is 0 Å². The number of nitrogens with zero attached hydrogens (tertiary/aromatic N) is 3. The lowest BCUT2D eigenvalue weighted by Gasteiger charge is -2.35. The lowest BCUT2D eigenvalue weighted by atomic mass is 10.0. The van der Waals surface area contributed by atoms with Crippen molar-refractivity contribution < 1.29 is 0 Å². The van der Waals surface area contributed by atoms with Gasteiger partial charge >= 0.3 is 0 Å². The van der Waals surface area contributed by atoms with Crippen molar-refractivity contribution >= 4 is 28.3 Å². The van der Waals surface area contributed by atoms with Gasteiger partial charge < -0.3 is 20.9 Å². The molecule has 7 nitrogen and oxygen atoms in total. The molecular weight excluding hydrogens is 350 g/mol. The van der Waals surface area contributed by atoms with Gasteiger partial charge in [0.1, 0.15) is 18.0 Å². The number of nitrogen functional groups attached to an aromatic ring is 1. The summed E-state index contributed by atoms with van der Waals surface area (Å²) in [6.07, 6.45) is 3.55. The largest absolute Gasteiger partial charge is 0.383 e. The predicted molar refractivity (Wildman–Crippen MR) is 114 cm³/mol. The first-order valence-corrected chi connectivity index (χ1v) is 9.81. The summed E-state index contributed by atoms with van der Waals surface area (Å²) in [4.78, 5) is 14.3. The topological polar surface area (TPSA) is 107 Å². The van der Waals surface area contributed by atoms with Gasteiger partial charge in [0.05, 0.1) is 17.0 Å². The molecule has 1 aromatic carbocycles. The number of likely N-dealkylation sites (tertiary alicyclic amines) is 1. The molecule has 1 aliphatic heterocycles. The lowest BCUT2D eigenvalue weighted by molar-refractivity contribution is 0.177. The zero-order chi connectivity index (χ0) is 19.7. The summed E-state index contributed by atoms with van der Waals surface area (Å²) in [6.45, 7) is 6.59. The highest BCUT2D eigenvalue weighted by Gasteiger charge is 2.24. The molecule has 0 spiro atoms. The molecule has 7 heteroatoms. The van der Waals surface area contributed by atoms with Crippen LogP contribution in [0.1, 0.15) is 37.9 Å². The maximum Gasteiger partial charge on any atom is 0.141 e. The molecule has 0 aliphatic carbocycles. The Bertz CT molecular complexity index is 950. The van der Waals surface area contributed by atoms with E-state index in [1.54, 1.807) is 0 Å². The van der Waals surface area contributed by atoms with E-state index in [0.717, 1.165) is 36.8 Å². The number of hydrogen-bond acceptors (Lipinski definition) is 6. The Morgan fingerprint density at radius 2 is 2.00 bits per heavy atom. The van der Waals surface area contributed by atoms with Crippen molar-refractivity contribution in [2.24, 2.45) is 0 Å². The summed E-state index contributed by atoms with van der Waals surface area (Å²) < 4.78 is 0. The highest BCUT2D eigenvalue weighted by atomic mass is 15.2. The van der Waals surface area contributed by atoms with Crippen LogP contribution in [0.25, 0.3) is 10.9 Å². The molecule has 146 valence electrons. The summed E-state index contributed by atoms with van der Waals surface area (Å²) in [5.74, 6) is 0.958. The van der Waals surface area contributed by atoms with Crippen LogP contribution in [0, 0.1) is 5.41 Å².